The Labute approximate surface area is 105 Å². The van der Waals surface area contributed by atoms with Crippen molar-refractivity contribution in [2.45, 2.75) is 66.0 Å². The molecule has 0 amide bonds. The van der Waals surface area contributed by atoms with Gasteiger partial charge in [0.25, 0.3) is 0 Å². The van der Waals surface area contributed by atoms with E-state index < -0.39 is 6.29 Å². The van der Waals surface area contributed by atoms with Crippen LogP contribution < -0.4 is 0 Å². The fraction of sp³-hybridized carbons (Fsp3) is 0.846. The topological polar surface area (TPSA) is 44.8 Å². The lowest BCUT2D eigenvalue weighted by Crippen LogP contribution is -2.25. The molecule has 2 atom stereocenters. The van der Waals surface area contributed by atoms with E-state index in [2.05, 4.69) is 6.92 Å². The number of unbranched alkanes of at least 4 members (excludes halogenated alkanes) is 2. The summed E-state index contributed by atoms with van der Waals surface area (Å²) in [6.07, 6.45) is 4.36. The minimum absolute atomic E-state index is 0.333. The Morgan fingerprint density at radius 2 is 1.88 bits per heavy atom. The lowest BCUT2D eigenvalue weighted by molar-refractivity contribution is -0.227. The van der Waals surface area contributed by atoms with Gasteiger partial charge in [-0.05, 0) is 26.7 Å². The lowest BCUT2D eigenvalue weighted by atomic mass is 10.2. The van der Waals surface area contributed by atoms with Crippen LogP contribution in [0.5, 0.6) is 0 Å². The van der Waals surface area contributed by atoms with Gasteiger partial charge in [-0.1, -0.05) is 26.7 Å². The molecule has 0 saturated carbocycles. The van der Waals surface area contributed by atoms with Crippen molar-refractivity contribution in [2.75, 3.05) is 6.61 Å². The van der Waals surface area contributed by atoms with E-state index in [1.54, 1.807) is 13.8 Å². The third kappa shape index (κ3) is 10.3. The molecule has 1 radical (unpaired) electrons. The standard InChI is InChI=1S/C13H25O4/c1-5-7-9-13(14)17-12(4)16-11(3)15-10-8-6-2/h9,11-12H,5-8,10H2,1-4H3. The number of carbonyl (C=O) groups is 1. The number of hydrogen-bond acceptors (Lipinski definition) is 4. The SMILES string of the molecule is CCC[CH]C(=O)OC(C)OC(C)OCCCC. The highest BCUT2D eigenvalue weighted by Crippen LogP contribution is 2.05. The largest absolute Gasteiger partial charge is 0.436 e. The fourth-order valence-electron chi connectivity index (χ4n) is 1.20. The smallest absolute Gasteiger partial charge is 0.312 e. The van der Waals surface area contributed by atoms with Gasteiger partial charge < -0.3 is 14.2 Å². The van der Waals surface area contributed by atoms with Crippen LogP contribution in [-0.4, -0.2) is 25.2 Å². The van der Waals surface area contributed by atoms with Crippen molar-refractivity contribution < 1.29 is 19.0 Å². The lowest BCUT2D eigenvalue weighted by Gasteiger charge is -2.19. The van der Waals surface area contributed by atoms with Gasteiger partial charge in [0.05, 0.1) is 6.42 Å². The molecule has 0 aliphatic carbocycles. The summed E-state index contributed by atoms with van der Waals surface area (Å²) < 4.78 is 15.8. The second-order valence-electron chi connectivity index (χ2n) is 3.93. The van der Waals surface area contributed by atoms with E-state index in [1.807, 2.05) is 6.92 Å². The summed E-state index contributed by atoms with van der Waals surface area (Å²) >= 11 is 0. The zero-order valence-corrected chi connectivity index (χ0v) is 11.4. The monoisotopic (exact) mass is 245 g/mol. The first-order valence-corrected chi connectivity index (χ1v) is 6.41. The molecule has 0 bridgehead atoms. The van der Waals surface area contributed by atoms with Gasteiger partial charge in [-0.25, -0.2) is 0 Å². The van der Waals surface area contributed by atoms with E-state index in [0.717, 1.165) is 25.7 Å². The Balaban J connectivity index is 3.61. The molecule has 0 spiro atoms. The Morgan fingerprint density at radius 3 is 2.47 bits per heavy atom. The molecule has 0 N–H and O–H groups in total. The molecular formula is C13H25O4. The molecule has 17 heavy (non-hydrogen) atoms. The van der Waals surface area contributed by atoms with Gasteiger partial charge >= 0.3 is 5.97 Å². The normalized spacial score (nSPS) is 14.4. The molecule has 2 unspecified atom stereocenters. The Kier molecular flexibility index (Phi) is 10.2. The van der Waals surface area contributed by atoms with Gasteiger partial charge in [0.15, 0.2) is 6.29 Å². The summed E-state index contributed by atoms with van der Waals surface area (Å²) in [4.78, 5) is 11.3. The third-order valence-corrected chi connectivity index (χ3v) is 2.12. The molecule has 101 valence electrons. The number of esters is 1. The van der Waals surface area contributed by atoms with E-state index in [9.17, 15) is 4.79 Å². The maximum absolute atomic E-state index is 11.3. The van der Waals surface area contributed by atoms with Crippen molar-refractivity contribution in [3.05, 3.63) is 6.42 Å². The molecule has 0 heterocycles. The zero-order valence-electron chi connectivity index (χ0n) is 11.4. The van der Waals surface area contributed by atoms with Crippen LogP contribution >= 0.6 is 0 Å². The number of hydrogen-bond donors (Lipinski definition) is 0. The van der Waals surface area contributed by atoms with E-state index in [-0.39, 0.29) is 12.3 Å². The quantitative estimate of drug-likeness (QED) is 0.337. The molecule has 0 fully saturated rings. The predicted octanol–water partition coefficient (Wildman–Crippen LogP) is 3.06. The first kappa shape index (κ1) is 16.4. The highest BCUT2D eigenvalue weighted by atomic mass is 16.8. The summed E-state index contributed by atoms with van der Waals surface area (Å²) in [5, 5.41) is 0. The zero-order chi connectivity index (χ0) is 13.1. The van der Waals surface area contributed by atoms with Crippen molar-refractivity contribution in [1.82, 2.24) is 0 Å². The first-order valence-electron chi connectivity index (χ1n) is 6.41. The number of carbonyl (C=O) groups excluding carboxylic acids is 1. The van der Waals surface area contributed by atoms with Gasteiger partial charge in [0, 0.05) is 6.61 Å². The second kappa shape index (κ2) is 10.5. The molecule has 0 rings (SSSR count). The summed E-state index contributed by atoms with van der Waals surface area (Å²) in [5.74, 6) is -0.333. The van der Waals surface area contributed by atoms with Crippen molar-refractivity contribution in [2.24, 2.45) is 0 Å². The molecule has 0 aromatic carbocycles. The minimum Gasteiger partial charge on any atom is -0.436 e. The number of rotatable bonds is 10. The first-order chi connectivity index (χ1) is 8.10. The van der Waals surface area contributed by atoms with Crippen LogP contribution in [0.25, 0.3) is 0 Å². The van der Waals surface area contributed by atoms with Crippen LogP contribution in [0.3, 0.4) is 0 Å². The van der Waals surface area contributed by atoms with Crippen LogP contribution in [0.2, 0.25) is 0 Å². The molecule has 4 heteroatoms. The number of ether oxygens (including phenoxy) is 3. The van der Waals surface area contributed by atoms with Crippen molar-refractivity contribution in [3.63, 3.8) is 0 Å². The van der Waals surface area contributed by atoms with Crippen LogP contribution in [0, 0.1) is 6.42 Å². The van der Waals surface area contributed by atoms with Crippen LogP contribution in [0.1, 0.15) is 53.4 Å². The Morgan fingerprint density at radius 1 is 1.18 bits per heavy atom. The molecule has 0 aliphatic heterocycles. The molecular weight excluding hydrogens is 220 g/mol. The van der Waals surface area contributed by atoms with Crippen molar-refractivity contribution >= 4 is 5.97 Å². The van der Waals surface area contributed by atoms with Crippen LogP contribution in [0.15, 0.2) is 0 Å². The average molecular weight is 245 g/mol. The highest BCUT2D eigenvalue weighted by molar-refractivity contribution is 5.78. The van der Waals surface area contributed by atoms with E-state index in [0.29, 0.717) is 6.61 Å². The van der Waals surface area contributed by atoms with Crippen LogP contribution in [-0.2, 0) is 19.0 Å². The van der Waals surface area contributed by atoms with Crippen LogP contribution in [0.4, 0.5) is 0 Å². The Bertz CT molecular complexity index is 194. The summed E-state index contributed by atoms with van der Waals surface area (Å²) in [7, 11) is 0. The van der Waals surface area contributed by atoms with Gasteiger partial charge in [0.1, 0.15) is 0 Å². The molecule has 0 saturated heterocycles. The van der Waals surface area contributed by atoms with Gasteiger partial charge in [-0.15, -0.1) is 0 Å². The Hall–Kier alpha value is -0.610. The third-order valence-electron chi connectivity index (χ3n) is 2.12. The van der Waals surface area contributed by atoms with E-state index >= 15 is 0 Å². The van der Waals surface area contributed by atoms with Gasteiger partial charge in [0.2, 0.25) is 6.29 Å². The van der Waals surface area contributed by atoms with E-state index in [1.165, 1.54) is 6.42 Å². The maximum atomic E-state index is 11.3. The molecule has 0 aromatic rings. The second-order valence-corrected chi connectivity index (χ2v) is 3.93. The summed E-state index contributed by atoms with van der Waals surface area (Å²) in [6, 6.07) is 0. The van der Waals surface area contributed by atoms with E-state index in [4.69, 9.17) is 14.2 Å². The highest BCUT2D eigenvalue weighted by Gasteiger charge is 2.13. The molecule has 4 nitrogen and oxygen atoms in total. The van der Waals surface area contributed by atoms with Gasteiger partial charge in [-0.2, -0.15) is 0 Å². The summed E-state index contributed by atoms with van der Waals surface area (Å²) in [6.45, 7) is 8.27. The fourth-order valence-corrected chi connectivity index (χ4v) is 1.20. The van der Waals surface area contributed by atoms with Crippen molar-refractivity contribution in [1.29, 1.82) is 0 Å². The summed E-state index contributed by atoms with van der Waals surface area (Å²) in [5.41, 5.74) is 0. The van der Waals surface area contributed by atoms with Gasteiger partial charge in [-0.3, -0.25) is 4.79 Å². The molecule has 0 aromatic heterocycles. The molecule has 0 aliphatic rings. The maximum Gasteiger partial charge on any atom is 0.312 e. The predicted molar refractivity (Wildman–Crippen MR) is 66.2 cm³/mol. The van der Waals surface area contributed by atoms with Crippen molar-refractivity contribution in [3.8, 4) is 0 Å². The minimum atomic E-state index is -0.577. The average Bonchev–Trinajstić information content (AvgIpc) is 2.26.